The molecule has 2 aromatic rings. The van der Waals surface area contributed by atoms with Crippen LogP contribution in [-0.4, -0.2) is 50.5 Å². The van der Waals surface area contributed by atoms with Gasteiger partial charge in [0.2, 0.25) is 21.8 Å². The first-order valence-corrected chi connectivity index (χ1v) is 13.7. The number of amides is 2. The van der Waals surface area contributed by atoms with Crippen molar-refractivity contribution in [3.63, 3.8) is 0 Å². The summed E-state index contributed by atoms with van der Waals surface area (Å²) in [4.78, 5) is 27.4. The van der Waals surface area contributed by atoms with Gasteiger partial charge < -0.3 is 10.2 Å². The highest BCUT2D eigenvalue weighted by atomic mass is 35.5. The Bertz CT molecular complexity index is 1140. The van der Waals surface area contributed by atoms with Gasteiger partial charge in [-0.05, 0) is 43.7 Å². The molecule has 186 valence electrons. The first-order chi connectivity index (χ1) is 15.9. The molecule has 0 aliphatic rings. The van der Waals surface area contributed by atoms with Crippen LogP contribution in [0.2, 0.25) is 20.1 Å². The number of carbonyl (C=O) groups excluding carboxylic acids is 2. The molecule has 0 spiro atoms. The maximum absolute atomic E-state index is 13.5. The third kappa shape index (κ3) is 7.39. The summed E-state index contributed by atoms with van der Waals surface area (Å²) in [6.45, 7) is 3.20. The fourth-order valence-corrected chi connectivity index (χ4v) is 4.74. The second-order valence-electron chi connectivity index (χ2n) is 7.56. The normalized spacial score (nSPS) is 12.2. The van der Waals surface area contributed by atoms with Gasteiger partial charge in [0.05, 0.1) is 22.0 Å². The van der Waals surface area contributed by atoms with E-state index in [2.05, 4.69) is 5.32 Å². The molecule has 0 saturated carbocycles. The van der Waals surface area contributed by atoms with Gasteiger partial charge in [0.1, 0.15) is 12.6 Å². The topological polar surface area (TPSA) is 86.8 Å². The molecule has 12 heteroatoms. The van der Waals surface area contributed by atoms with Crippen molar-refractivity contribution in [2.24, 2.45) is 0 Å². The molecule has 0 saturated heterocycles. The van der Waals surface area contributed by atoms with E-state index in [1.54, 1.807) is 25.1 Å². The molecule has 2 aromatic carbocycles. The molecule has 0 unspecified atom stereocenters. The number of hydrogen-bond acceptors (Lipinski definition) is 4. The molecule has 0 aromatic heterocycles. The maximum Gasteiger partial charge on any atom is 0.244 e. The highest BCUT2D eigenvalue weighted by Gasteiger charge is 2.31. The molecule has 0 fully saturated rings. The summed E-state index contributed by atoms with van der Waals surface area (Å²) >= 11 is 24.6. The van der Waals surface area contributed by atoms with Crippen LogP contribution >= 0.6 is 46.4 Å². The van der Waals surface area contributed by atoms with Crippen molar-refractivity contribution in [3.8, 4) is 0 Å². The van der Waals surface area contributed by atoms with Crippen LogP contribution < -0.4 is 9.62 Å². The van der Waals surface area contributed by atoms with Gasteiger partial charge in [-0.1, -0.05) is 59.4 Å². The standard InChI is InChI=1S/C22H25Cl4N3O4S/c1-4-10-27-22(31)14(2)28(12-16-17(23)6-5-7-18(16)24)21(30)13-29(34(3,32)33)15-8-9-19(25)20(26)11-15/h5-9,11,14H,4,10,12-13H2,1-3H3,(H,27,31)/t14-/m0/s1. The number of sulfonamides is 1. The van der Waals surface area contributed by atoms with Crippen LogP contribution in [0, 0.1) is 0 Å². The molecule has 2 rings (SSSR count). The van der Waals surface area contributed by atoms with Crippen LogP contribution in [0.5, 0.6) is 0 Å². The number of rotatable bonds is 10. The number of carbonyl (C=O) groups is 2. The average Bonchev–Trinajstić information content (AvgIpc) is 2.76. The van der Waals surface area contributed by atoms with Crippen molar-refractivity contribution in [3.05, 3.63) is 62.1 Å². The predicted molar refractivity (Wildman–Crippen MR) is 138 cm³/mol. The third-order valence-electron chi connectivity index (χ3n) is 4.98. The lowest BCUT2D eigenvalue weighted by atomic mass is 10.1. The molecule has 1 atom stereocenters. The molecule has 1 N–H and O–H groups in total. The molecular formula is C22H25Cl4N3O4S. The number of nitrogens with one attached hydrogen (secondary N) is 1. The van der Waals surface area contributed by atoms with Crippen molar-refractivity contribution >= 4 is 73.9 Å². The van der Waals surface area contributed by atoms with Crippen molar-refractivity contribution in [1.29, 1.82) is 0 Å². The highest BCUT2D eigenvalue weighted by Crippen LogP contribution is 2.30. The Balaban J connectivity index is 2.45. The van der Waals surface area contributed by atoms with Gasteiger partial charge in [0, 0.05) is 28.7 Å². The summed E-state index contributed by atoms with van der Waals surface area (Å²) in [5, 5.41) is 3.75. The molecule has 0 bridgehead atoms. The summed E-state index contributed by atoms with van der Waals surface area (Å²) in [6.07, 6.45) is 1.68. The Morgan fingerprint density at radius 2 is 1.62 bits per heavy atom. The summed E-state index contributed by atoms with van der Waals surface area (Å²) in [5.41, 5.74) is 0.596. The van der Waals surface area contributed by atoms with Gasteiger partial charge in [0.15, 0.2) is 0 Å². The Kier molecular flexibility index (Phi) is 10.3. The van der Waals surface area contributed by atoms with E-state index in [-0.39, 0.29) is 28.2 Å². The van der Waals surface area contributed by atoms with Gasteiger partial charge in [-0.15, -0.1) is 0 Å². The molecule has 0 aliphatic carbocycles. The van der Waals surface area contributed by atoms with Crippen molar-refractivity contribution in [2.75, 3.05) is 23.7 Å². The molecule has 7 nitrogen and oxygen atoms in total. The van der Waals surface area contributed by atoms with Crippen LogP contribution in [0.3, 0.4) is 0 Å². The molecule has 2 amide bonds. The zero-order chi connectivity index (χ0) is 25.6. The van der Waals surface area contributed by atoms with E-state index in [9.17, 15) is 18.0 Å². The van der Waals surface area contributed by atoms with E-state index in [0.29, 0.717) is 28.6 Å². The zero-order valence-corrected chi connectivity index (χ0v) is 22.7. The van der Waals surface area contributed by atoms with Crippen LogP contribution in [-0.2, 0) is 26.2 Å². The predicted octanol–water partition coefficient (Wildman–Crippen LogP) is 5.01. The highest BCUT2D eigenvalue weighted by molar-refractivity contribution is 7.92. The van der Waals surface area contributed by atoms with Crippen LogP contribution in [0.4, 0.5) is 5.69 Å². The number of nitrogens with zero attached hydrogens (tertiary/aromatic N) is 2. The van der Waals surface area contributed by atoms with Gasteiger partial charge in [-0.25, -0.2) is 8.42 Å². The lowest BCUT2D eigenvalue weighted by Crippen LogP contribution is -2.51. The lowest BCUT2D eigenvalue weighted by molar-refractivity contribution is -0.139. The first-order valence-electron chi connectivity index (χ1n) is 10.3. The van der Waals surface area contributed by atoms with Crippen molar-refractivity contribution < 1.29 is 18.0 Å². The third-order valence-corrected chi connectivity index (χ3v) is 7.56. The molecule has 34 heavy (non-hydrogen) atoms. The number of benzene rings is 2. The van der Waals surface area contributed by atoms with Crippen LogP contribution in [0.25, 0.3) is 0 Å². The maximum atomic E-state index is 13.5. The largest absolute Gasteiger partial charge is 0.354 e. The van der Waals surface area contributed by atoms with Crippen molar-refractivity contribution in [1.82, 2.24) is 10.2 Å². The van der Waals surface area contributed by atoms with Crippen LogP contribution in [0.15, 0.2) is 36.4 Å². The van der Waals surface area contributed by atoms with E-state index in [1.807, 2.05) is 6.92 Å². The Morgan fingerprint density at radius 3 is 2.15 bits per heavy atom. The second-order valence-corrected chi connectivity index (χ2v) is 11.1. The van der Waals surface area contributed by atoms with Gasteiger partial charge in [-0.2, -0.15) is 0 Å². The lowest BCUT2D eigenvalue weighted by Gasteiger charge is -2.32. The fourth-order valence-electron chi connectivity index (χ4n) is 3.09. The van der Waals surface area contributed by atoms with Gasteiger partial charge in [-0.3, -0.25) is 13.9 Å². The van der Waals surface area contributed by atoms with E-state index >= 15 is 0 Å². The minimum Gasteiger partial charge on any atom is -0.354 e. The number of halogens is 4. The molecule has 0 heterocycles. The smallest absolute Gasteiger partial charge is 0.244 e. The van der Waals surface area contributed by atoms with Gasteiger partial charge in [0.25, 0.3) is 0 Å². The van der Waals surface area contributed by atoms with E-state index < -0.39 is 28.5 Å². The van der Waals surface area contributed by atoms with E-state index in [1.165, 1.54) is 23.1 Å². The molecule has 0 radical (unpaired) electrons. The monoisotopic (exact) mass is 567 g/mol. The van der Waals surface area contributed by atoms with Crippen LogP contribution in [0.1, 0.15) is 25.8 Å². The minimum atomic E-state index is -3.89. The molecule has 0 aliphatic heterocycles. The van der Waals surface area contributed by atoms with Crippen molar-refractivity contribution in [2.45, 2.75) is 32.9 Å². The first kappa shape index (κ1) is 28.5. The average molecular weight is 569 g/mol. The number of hydrogen-bond donors (Lipinski definition) is 1. The fraction of sp³-hybridized carbons (Fsp3) is 0.364. The quantitative estimate of drug-likeness (QED) is 0.436. The number of anilines is 1. The SMILES string of the molecule is CCCNC(=O)[C@H](C)N(Cc1c(Cl)cccc1Cl)C(=O)CN(c1ccc(Cl)c(Cl)c1)S(C)(=O)=O. The van der Waals surface area contributed by atoms with E-state index in [0.717, 1.165) is 10.6 Å². The molecular weight excluding hydrogens is 544 g/mol. The van der Waals surface area contributed by atoms with E-state index in [4.69, 9.17) is 46.4 Å². The Labute approximate surface area is 220 Å². The Hall–Kier alpha value is -1.71. The second kappa shape index (κ2) is 12.3. The minimum absolute atomic E-state index is 0.100. The summed E-state index contributed by atoms with van der Waals surface area (Å²) in [7, 11) is -3.89. The summed E-state index contributed by atoms with van der Waals surface area (Å²) < 4.78 is 26.0. The summed E-state index contributed by atoms with van der Waals surface area (Å²) in [5.74, 6) is -1.02. The Morgan fingerprint density at radius 1 is 1.00 bits per heavy atom. The zero-order valence-electron chi connectivity index (χ0n) is 18.8. The summed E-state index contributed by atoms with van der Waals surface area (Å²) in [6, 6.07) is 8.19. The van der Waals surface area contributed by atoms with Gasteiger partial charge >= 0.3 is 0 Å².